The average molecular weight is 177 g/mol. The van der Waals surface area contributed by atoms with Gasteiger partial charge in [0.05, 0.1) is 6.61 Å². The molecule has 0 aromatic heterocycles. The van der Waals surface area contributed by atoms with Crippen molar-refractivity contribution in [2.75, 3.05) is 6.61 Å². The van der Waals surface area contributed by atoms with E-state index in [9.17, 15) is 0 Å². The summed E-state index contributed by atoms with van der Waals surface area (Å²) in [6.45, 7) is 2.89. The number of hydrogen-bond acceptors (Lipinski definition) is 2. The molecule has 70 valence electrons. The zero-order chi connectivity index (χ0) is 9.26. The largest absolute Gasteiger partial charge is 0.493 e. The van der Waals surface area contributed by atoms with Gasteiger partial charge in [0.2, 0.25) is 0 Å². The molecule has 1 heterocycles. The average Bonchev–Trinajstić information content (AvgIpc) is 2.18. The molecule has 1 aromatic carbocycles. The van der Waals surface area contributed by atoms with Gasteiger partial charge in [-0.2, -0.15) is 0 Å². The molecule has 1 aliphatic heterocycles. The Bertz CT molecular complexity index is 309. The van der Waals surface area contributed by atoms with Crippen LogP contribution in [0.5, 0.6) is 5.75 Å². The highest BCUT2D eigenvalue weighted by Gasteiger charge is 2.17. The summed E-state index contributed by atoms with van der Waals surface area (Å²) in [5.41, 5.74) is 8.43. The maximum atomic E-state index is 5.96. The molecule has 1 aromatic rings. The molecule has 1 atom stereocenters. The van der Waals surface area contributed by atoms with Gasteiger partial charge in [-0.1, -0.05) is 19.1 Å². The van der Waals surface area contributed by atoms with E-state index in [1.54, 1.807) is 0 Å². The first kappa shape index (κ1) is 8.57. The van der Waals surface area contributed by atoms with E-state index in [4.69, 9.17) is 10.5 Å². The lowest BCUT2D eigenvalue weighted by atomic mass is 9.99. The molecule has 0 fully saturated rings. The summed E-state index contributed by atoms with van der Waals surface area (Å²) in [6.07, 6.45) is 1.98. The van der Waals surface area contributed by atoms with Crippen molar-refractivity contribution in [1.29, 1.82) is 0 Å². The van der Waals surface area contributed by atoms with Crippen LogP contribution < -0.4 is 10.5 Å². The zero-order valence-electron chi connectivity index (χ0n) is 7.92. The van der Waals surface area contributed by atoms with Gasteiger partial charge < -0.3 is 10.5 Å². The standard InChI is InChI=1S/C11H15NO/c1-2-8-3-4-9-10(12)5-6-13-11(9)7-8/h3-4,7,10H,2,5-6,12H2,1H3/t10-/m1/s1. The second kappa shape index (κ2) is 3.38. The van der Waals surface area contributed by atoms with Gasteiger partial charge in [-0.15, -0.1) is 0 Å². The lowest BCUT2D eigenvalue weighted by Gasteiger charge is -2.23. The molecule has 2 heteroatoms. The summed E-state index contributed by atoms with van der Waals surface area (Å²) in [5.74, 6) is 0.984. The third-order valence-corrected chi connectivity index (χ3v) is 2.57. The van der Waals surface area contributed by atoms with Crippen molar-refractivity contribution >= 4 is 0 Å². The van der Waals surface area contributed by atoms with Crippen LogP contribution >= 0.6 is 0 Å². The summed E-state index contributed by atoms with van der Waals surface area (Å²) in [5, 5.41) is 0. The van der Waals surface area contributed by atoms with Crippen molar-refractivity contribution < 1.29 is 4.74 Å². The highest BCUT2D eigenvalue weighted by atomic mass is 16.5. The van der Waals surface area contributed by atoms with Crippen LogP contribution in [0.1, 0.15) is 30.5 Å². The van der Waals surface area contributed by atoms with Crippen LogP contribution in [0.25, 0.3) is 0 Å². The first-order valence-corrected chi connectivity index (χ1v) is 4.82. The van der Waals surface area contributed by atoms with Crippen LogP contribution in [0.15, 0.2) is 18.2 Å². The van der Waals surface area contributed by atoms with E-state index in [0.29, 0.717) is 0 Å². The van der Waals surface area contributed by atoms with Gasteiger partial charge in [0.15, 0.2) is 0 Å². The van der Waals surface area contributed by atoms with Gasteiger partial charge in [-0.05, 0) is 18.1 Å². The smallest absolute Gasteiger partial charge is 0.124 e. The number of aryl methyl sites for hydroxylation is 1. The molecular formula is C11H15NO. The molecule has 0 bridgehead atoms. The number of ether oxygens (including phenoxy) is 1. The van der Waals surface area contributed by atoms with Gasteiger partial charge in [0.25, 0.3) is 0 Å². The normalized spacial score (nSPS) is 20.6. The third-order valence-electron chi connectivity index (χ3n) is 2.57. The minimum Gasteiger partial charge on any atom is -0.493 e. The molecule has 0 spiro atoms. The Labute approximate surface area is 78.7 Å². The predicted octanol–water partition coefficient (Wildman–Crippen LogP) is 2.03. The SMILES string of the molecule is CCc1ccc2c(c1)OCC[C@H]2N. The Morgan fingerprint density at radius 1 is 1.54 bits per heavy atom. The predicted molar refractivity (Wildman–Crippen MR) is 52.9 cm³/mol. The van der Waals surface area contributed by atoms with Crippen LogP contribution in [0.2, 0.25) is 0 Å². The van der Waals surface area contributed by atoms with Crippen molar-refractivity contribution in [3.8, 4) is 5.75 Å². The lowest BCUT2D eigenvalue weighted by Crippen LogP contribution is -2.20. The quantitative estimate of drug-likeness (QED) is 0.712. The third kappa shape index (κ3) is 1.54. The van der Waals surface area contributed by atoms with E-state index < -0.39 is 0 Å². The summed E-state index contributed by atoms with van der Waals surface area (Å²) < 4.78 is 5.56. The van der Waals surface area contributed by atoms with Gasteiger partial charge >= 0.3 is 0 Å². The minimum absolute atomic E-state index is 0.162. The lowest BCUT2D eigenvalue weighted by molar-refractivity contribution is 0.268. The Morgan fingerprint density at radius 2 is 2.38 bits per heavy atom. The number of fused-ring (bicyclic) bond motifs is 1. The van der Waals surface area contributed by atoms with Crippen LogP contribution in [0, 0.1) is 0 Å². The van der Waals surface area contributed by atoms with E-state index in [2.05, 4.69) is 25.1 Å². The maximum absolute atomic E-state index is 5.96. The Balaban J connectivity index is 2.39. The van der Waals surface area contributed by atoms with E-state index in [0.717, 1.165) is 30.8 Å². The van der Waals surface area contributed by atoms with Crippen LogP contribution in [-0.2, 0) is 6.42 Å². The van der Waals surface area contributed by atoms with Gasteiger partial charge in [-0.25, -0.2) is 0 Å². The van der Waals surface area contributed by atoms with E-state index in [1.807, 2.05) is 0 Å². The van der Waals surface area contributed by atoms with Gasteiger partial charge in [0.1, 0.15) is 5.75 Å². The van der Waals surface area contributed by atoms with E-state index >= 15 is 0 Å². The minimum atomic E-state index is 0.162. The molecule has 0 aliphatic carbocycles. The maximum Gasteiger partial charge on any atom is 0.124 e. The number of hydrogen-bond donors (Lipinski definition) is 1. The Hall–Kier alpha value is -1.02. The van der Waals surface area contributed by atoms with Crippen molar-refractivity contribution in [2.45, 2.75) is 25.8 Å². The Morgan fingerprint density at radius 3 is 3.15 bits per heavy atom. The second-order valence-corrected chi connectivity index (χ2v) is 3.47. The summed E-state index contributed by atoms with van der Waals surface area (Å²) in [6, 6.07) is 6.49. The number of nitrogens with two attached hydrogens (primary N) is 1. The number of benzene rings is 1. The molecule has 0 saturated carbocycles. The fourth-order valence-electron chi connectivity index (χ4n) is 1.68. The van der Waals surface area contributed by atoms with Crippen molar-refractivity contribution in [3.05, 3.63) is 29.3 Å². The zero-order valence-corrected chi connectivity index (χ0v) is 7.92. The molecule has 0 unspecified atom stereocenters. The van der Waals surface area contributed by atoms with E-state index in [-0.39, 0.29) is 6.04 Å². The van der Waals surface area contributed by atoms with Crippen LogP contribution in [-0.4, -0.2) is 6.61 Å². The molecule has 2 nitrogen and oxygen atoms in total. The van der Waals surface area contributed by atoms with Crippen LogP contribution in [0.4, 0.5) is 0 Å². The highest BCUT2D eigenvalue weighted by Crippen LogP contribution is 2.31. The first-order valence-electron chi connectivity index (χ1n) is 4.82. The summed E-state index contributed by atoms with van der Waals surface area (Å²) in [7, 11) is 0. The highest BCUT2D eigenvalue weighted by molar-refractivity contribution is 5.40. The van der Waals surface area contributed by atoms with Crippen LogP contribution in [0.3, 0.4) is 0 Å². The molecule has 13 heavy (non-hydrogen) atoms. The first-order chi connectivity index (χ1) is 6.31. The molecule has 2 N–H and O–H groups in total. The summed E-state index contributed by atoms with van der Waals surface area (Å²) >= 11 is 0. The monoisotopic (exact) mass is 177 g/mol. The second-order valence-electron chi connectivity index (χ2n) is 3.47. The van der Waals surface area contributed by atoms with Crippen molar-refractivity contribution in [2.24, 2.45) is 5.73 Å². The molecule has 0 saturated heterocycles. The molecule has 0 amide bonds. The van der Waals surface area contributed by atoms with Gasteiger partial charge in [0, 0.05) is 18.0 Å². The fraction of sp³-hybridized carbons (Fsp3) is 0.455. The van der Waals surface area contributed by atoms with Crippen molar-refractivity contribution in [1.82, 2.24) is 0 Å². The van der Waals surface area contributed by atoms with E-state index in [1.165, 1.54) is 5.56 Å². The fourth-order valence-corrected chi connectivity index (χ4v) is 1.68. The molecule has 1 aliphatic rings. The topological polar surface area (TPSA) is 35.2 Å². The number of rotatable bonds is 1. The van der Waals surface area contributed by atoms with Gasteiger partial charge in [-0.3, -0.25) is 0 Å². The van der Waals surface area contributed by atoms with Crippen molar-refractivity contribution in [3.63, 3.8) is 0 Å². The Kier molecular flexibility index (Phi) is 2.23. The molecule has 2 rings (SSSR count). The summed E-state index contributed by atoms with van der Waals surface area (Å²) in [4.78, 5) is 0. The molecular weight excluding hydrogens is 162 g/mol. The molecule has 0 radical (unpaired) electrons.